The zero-order valence-electron chi connectivity index (χ0n) is 8.22. The highest BCUT2D eigenvalue weighted by Gasteiger charge is 2.44. The van der Waals surface area contributed by atoms with Crippen LogP contribution in [-0.4, -0.2) is 76.1 Å². The van der Waals surface area contributed by atoms with Gasteiger partial charge in [-0.3, -0.25) is 0 Å². The SMILES string of the molecule is CO[C@H]1[C@H](O)[C@@H](O)[C@H](O)[C@@H](O)O[C@H]1CO. The summed E-state index contributed by atoms with van der Waals surface area (Å²) in [5.74, 6) is 0. The summed E-state index contributed by atoms with van der Waals surface area (Å²) in [6.07, 6.45) is -8.38. The summed E-state index contributed by atoms with van der Waals surface area (Å²) in [4.78, 5) is 0. The number of aliphatic hydroxyl groups excluding tert-OH is 5. The maximum absolute atomic E-state index is 9.57. The molecule has 0 unspecified atom stereocenters. The number of ether oxygens (including phenoxy) is 2. The number of hydrogen-bond acceptors (Lipinski definition) is 7. The fourth-order valence-corrected chi connectivity index (χ4v) is 1.56. The van der Waals surface area contributed by atoms with Gasteiger partial charge in [-0.15, -0.1) is 0 Å². The second-order valence-corrected chi connectivity index (χ2v) is 3.42. The molecule has 1 heterocycles. The molecule has 7 nitrogen and oxygen atoms in total. The first-order valence-corrected chi connectivity index (χ1v) is 4.54. The van der Waals surface area contributed by atoms with Gasteiger partial charge in [-0.05, 0) is 0 Å². The first-order chi connectivity index (χ1) is 7.02. The molecule has 7 heteroatoms. The minimum absolute atomic E-state index is 0.508. The number of hydrogen-bond donors (Lipinski definition) is 5. The van der Waals surface area contributed by atoms with E-state index in [1.165, 1.54) is 7.11 Å². The normalized spacial score (nSPS) is 47.6. The maximum atomic E-state index is 9.57. The minimum Gasteiger partial charge on any atom is -0.394 e. The zero-order valence-corrected chi connectivity index (χ0v) is 8.22. The van der Waals surface area contributed by atoms with Gasteiger partial charge < -0.3 is 35.0 Å². The predicted molar refractivity (Wildman–Crippen MR) is 46.8 cm³/mol. The Morgan fingerprint density at radius 3 is 2.13 bits per heavy atom. The van der Waals surface area contributed by atoms with Crippen molar-refractivity contribution in [1.82, 2.24) is 0 Å². The molecule has 5 N–H and O–H groups in total. The van der Waals surface area contributed by atoms with Crippen molar-refractivity contribution in [3.63, 3.8) is 0 Å². The standard InChI is InChI=1S/C8H16O7/c1-14-7-3(2-9)15-8(13)6(12)4(10)5(7)11/h3-13H,2H2,1H3/t3-,4+,5+,6-,7+,8-/m0/s1. The molecule has 0 saturated carbocycles. The Hall–Kier alpha value is -0.280. The first kappa shape index (κ1) is 12.8. The molecule has 1 rings (SSSR count). The molecule has 15 heavy (non-hydrogen) atoms. The first-order valence-electron chi connectivity index (χ1n) is 4.54. The van der Waals surface area contributed by atoms with Crippen molar-refractivity contribution in [3.8, 4) is 0 Å². The van der Waals surface area contributed by atoms with Crippen LogP contribution in [0.1, 0.15) is 0 Å². The predicted octanol–water partition coefficient (Wildman–Crippen LogP) is -3.21. The summed E-state index contributed by atoms with van der Waals surface area (Å²) in [6.45, 7) is -0.508. The van der Waals surface area contributed by atoms with E-state index in [4.69, 9.17) is 14.6 Å². The fourth-order valence-electron chi connectivity index (χ4n) is 1.56. The third-order valence-electron chi connectivity index (χ3n) is 2.46. The average Bonchev–Trinajstić information content (AvgIpc) is 2.31. The molecular weight excluding hydrogens is 208 g/mol. The molecule has 0 bridgehead atoms. The van der Waals surface area contributed by atoms with Crippen molar-refractivity contribution in [3.05, 3.63) is 0 Å². The quantitative estimate of drug-likeness (QED) is 0.335. The number of rotatable bonds is 2. The van der Waals surface area contributed by atoms with Gasteiger partial charge in [0.2, 0.25) is 0 Å². The van der Waals surface area contributed by atoms with Crippen LogP contribution in [0.25, 0.3) is 0 Å². The summed E-state index contributed by atoms with van der Waals surface area (Å²) < 4.78 is 9.66. The Bertz CT molecular complexity index is 197. The summed E-state index contributed by atoms with van der Waals surface area (Å²) in [5, 5.41) is 46.5. The Kier molecular flexibility index (Phi) is 4.41. The molecule has 1 aliphatic rings. The van der Waals surface area contributed by atoms with Crippen LogP contribution in [0, 0.1) is 0 Å². The van der Waals surface area contributed by atoms with Crippen LogP contribution in [0.3, 0.4) is 0 Å². The highest BCUT2D eigenvalue weighted by atomic mass is 16.6. The Morgan fingerprint density at radius 1 is 1.07 bits per heavy atom. The van der Waals surface area contributed by atoms with E-state index in [-0.39, 0.29) is 0 Å². The molecule has 0 radical (unpaired) electrons. The molecule has 0 aliphatic carbocycles. The number of methoxy groups -OCH3 is 1. The monoisotopic (exact) mass is 224 g/mol. The third-order valence-corrected chi connectivity index (χ3v) is 2.46. The van der Waals surface area contributed by atoms with E-state index in [0.29, 0.717) is 0 Å². The van der Waals surface area contributed by atoms with Crippen LogP contribution >= 0.6 is 0 Å². The molecule has 1 saturated heterocycles. The number of aliphatic hydroxyl groups is 5. The molecule has 0 aromatic heterocycles. The molecule has 0 aromatic carbocycles. The van der Waals surface area contributed by atoms with E-state index in [1.807, 2.05) is 0 Å². The van der Waals surface area contributed by atoms with Crippen LogP contribution in [0.15, 0.2) is 0 Å². The van der Waals surface area contributed by atoms with E-state index in [2.05, 4.69) is 0 Å². The molecule has 90 valence electrons. The summed E-state index contributed by atoms with van der Waals surface area (Å²) in [5.41, 5.74) is 0. The van der Waals surface area contributed by atoms with Crippen molar-refractivity contribution in [2.75, 3.05) is 13.7 Å². The van der Waals surface area contributed by atoms with Gasteiger partial charge in [0, 0.05) is 7.11 Å². The minimum atomic E-state index is -1.67. The lowest BCUT2D eigenvalue weighted by Gasteiger charge is -2.26. The Balaban J connectivity index is 2.87. The van der Waals surface area contributed by atoms with Gasteiger partial charge in [0.1, 0.15) is 30.5 Å². The van der Waals surface area contributed by atoms with Gasteiger partial charge in [-0.1, -0.05) is 0 Å². The van der Waals surface area contributed by atoms with Crippen LogP contribution < -0.4 is 0 Å². The Morgan fingerprint density at radius 2 is 1.67 bits per heavy atom. The van der Waals surface area contributed by atoms with Gasteiger partial charge in [-0.2, -0.15) is 0 Å². The van der Waals surface area contributed by atoms with Gasteiger partial charge in [0.25, 0.3) is 0 Å². The topological polar surface area (TPSA) is 120 Å². The van der Waals surface area contributed by atoms with Gasteiger partial charge in [0.15, 0.2) is 6.29 Å². The maximum Gasteiger partial charge on any atom is 0.184 e. The van der Waals surface area contributed by atoms with Crippen molar-refractivity contribution in [2.45, 2.75) is 36.8 Å². The van der Waals surface area contributed by atoms with Gasteiger partial charge >= 0.3 is 0 Å². The van der Waals surface area contributed by atoms with Crippen LogP contribution in [0.5, 0.6) is 0 Å². The fraction of sp³-hybridized carbons (Fsp3) is 1.00. The average molecular weight is 224 g/mol. The molecule has 1 aliphatic heterocycles. The van der Waals surface area contributed by atoms with Crippen molar-refractivity contribution < 1.29 is 35.0 Å². The van der Waals surface area contributed by atoms with Crippen LogP contribution in [0.2, 0.25) is 0 Å². The van der Waals surface area contributed by atoms with Crippen molar-refractivity contribution >= 4 is 0 Å². The lowest BCUT2D eigenvalue weighted by molar-refractivity contribution is -0.210. The molecule has 1 fully saturated rings. The van der Waals surface area contributed by atoms with E-state index in [1.54, 1.807) is 0 Å². The molecule has 0 spiro atoms. The summed E-state index contributed by atoms with van der Waals surface area (Å²) in [7, 11) is 1.26. The molecule has 0 amide bonds. The highest BCUT2D eigenvalue weighted by molar-refractivity contribution is 4.91. The van der Waals surface area contributed by atoms with E-state index in [0.717, 1.165) is 0 Å². The molecule has 6 atom stereocenters. The second-order valence-electron chi connectivity index (χ2n) is 3.42. The molecule has 0 aromatic rings. The van der Waals surface area contributed by atoms with Crippen molar-refractivity contribution in [2.24, 2.45) is 0 Å². The van der Waals surface area contributed by atoms with Gasteiger partial charge in [0.05, 0.1) is 6.61 Å². The summed E-state index contributed by atoms with van der Waals surface area (Å²) in [6, 6.07) is 0. The smallest absolute Gasteiger partial charge is 0.184 e. The summed E-state index contributed by atoms with van der Waals surface area (Å²) >= 11 is 0. The lowest BCUT2D eigenvalue weighted by atomic mass is 10.0. The largest absolute Gasteiger partial charge is 0.394 e. The second kappa shape index (κ2) is 5.17. The van der Waals surface area contributed by atoms with Gasteiger partial charge in [-0.25, -0.2) is 0 Å². The van der Waals surface area contributed by atoms with Crippen LogP contribution in [0.4, 0.5) is 0 Å². The van der Waals surface area contributed by atoms with E-state index in [9.17, 15) is 20.4 Å². The van der Waals surface area contributed by atoms with E-state index < -0.39 is 43.4 Å². The van der Waals surface area contributed by atoms with E-state index >= 15 is 0 Å². The van der Waals surface area contributed by atoms with Crippen molar-refractivity contribution in [1.29, 1.82) is 0 Å². The highest BCUT2D eigenvalue weighted by Crippen LogP contribution is 2.21. The lowest BCUT2D eigenvalue weighted by Crippen LogP contribution is -2.48. The van der Waals surface area contributed by atoms with Crippen LogP contribution in [-0.2, 0) is 9.47 Å². The third kappa shape index (κ3) is 2.45. The molecular formula is C8H16O7. The zero-order chi connectivity index (χ0) is 11.6. The Labute approximate surface area is 86.5 Å².